The summed E-state index contributed by atoms with van der Waals surface area (Å²) in [6.07, 6.45) is 1.04. The van der Waals surface area contributed by atoms with Crippen molar-refractivity contribution in [3.8, 4) is 5.75 Å². The molecule has 0 amide bonds. The Bertz CT molecular complexity index is 493. The number of ether oxygens (including phenoxy) is 1. The molecule has 1 heterocycles. The van der Waals surface area contributed by atoms with Crippen LogP contribution in [0.25, 0.3) is 0 Å². The van der Waals surface area contributed by atoms with E-state index >= 15 is 0 Å². The average Bonchev–Trinajstić information content (AvgIpc) is 2.57. The van der Waals surface area contributed by atoms with E-state index in [1.807, 2.05) is 0 Å². The lowest BCUT2D eigenvalue weighted by Crippen LogP contribution is -2.41. The van der Waals surface area contributed by atoms with E-state index in [2.05, 4.69) is 59.7 Å². The molecule has 2 rings (SSSR count). The van der Waals surface area contributed by atoms with Crippen molar-refractivity contribution in [1.29, 1.82) is 0 Å². The SMILES string of the molecule is COc1cc(CC(C)C)ccc1B1OC(C)(C)C(C)(C)O1. The van der Waals surface area contributed by atoms with Gasteiger partial charge in [0, 0.05) is 5.46 Å². The van der Waals surface area contributed by atoms with Gasteiger partial charge in [-0.15, -0.1) is 0 Å². The lowest BCUT2D eigenvalue weighted by Gasteiger charge is -2.32. The van der Waals surface area contributed by atoms with Crippen LogP contribution in [-0.4, -0.2) is 25.4 Å². The number of hydrogen-bond acceptors (Lipinski definition) is 3. The molecule has 1 aliphatic rings. The van der Waals surface area contributed by atoms with Gasteiger partial charge < -0.3 is 14.0 Å². The van der Waals surface area contributed by atoms with Gasteiger partial charge in [0.25, 0.3) is 0 Å². The minimum atomic E-state index is -0.377. The third-order valence-electron chi connectivity index (χ3n) is 4.45. The fraction of sp³-hybridized carbons (Fsp3) is 0.647. The van der Waals surface area contributed by atoms with Gasteiger partial charge in [-0.05, 0) is 51.7 Å². The van der Waals surface area contributed by atoms with Crippen LogP contribution in [0.5, 0.6) is 5.75 Å². The van der Waals surface area contributed by atoms with Gasteiger partial charge in [-0.3, -0.25) is 0 Å². The number of methoxy groups -OCH3 is 1. The quantitative estimate of drug-likeness (QED) is 0.797. The normalized spacial score (nSPS) is 20.1. The van der Waals surface area contributed by atoms with E-state index in [9.17, 15) is 0 Å². The zero-order valence-electron chi connectivity index (χ0n) is 14.3. The predicted molar refractivity (Wildman–Crippen MR) is 87.3 cm³/mol. The van der Waals surface area contributed by atoms with Crippen molar-refractivity contribution in [2.45, 2.75) is 59.2 Å². The number of benzene rings is 1. The molecule has 116 valence electrons. The number of hydrogen-bond donors (Lipinski definition) is 0. The van der Waals surface area contributed by atoms with Gasteiger partial charge in [0.15, 0.2) is 0 Å². The minimum absolute atomic E-state index is 0.334. The fourth-order valence-electron chi connectivity index (χ4n) is 2.52. The summed E-state index contributed by atoms with van der Waals surface area (Å²) in [6, 6.07) is 6.31. The molecule has 21 heavy (non-hydrogen) atoms. The van der Waals surface area contributed by atoms with Crippen molar-refractivity contribution in [2.24, 2.45) is 5.92 Å². The lowest BCUT2D eigenvalue weighted by molar-refractivity contribution is 0.00578. The molecule has 0 saturated carbocycles. The maximum atomic E-state index is 6.11. The van der Waals surface area contributed by atoms with Crippen molar-refractivity contribution in [3.63, 3.8) is 0 Å². The molecule has 0 unspecified atom stereocenters. The van der Waals surface area contributed by atoms with E-state index in [0.717, 1.165) is 17.6 Å². The highest BCUT2D eigenvalue weighted by molar-refractivity contribution is 6.63. The van der Waals surface area contributed by atoms with Gasteiger partial charge in [0.1, 0.15) is 5.75 Å². The molecule has 0 radical (unpaired) electrons. The van der Waals surface area contributed by atoms with Gasteiger partial charge in [-0.2, -0.15) is 0 Å². The Morgan fingerprint density at radius 1 is 1.10 bits per heavy atom. The van der Waals surface area contributed by atoms with Crippen LogP contribution in [0, 0.1) is 5.92 Å². The first-order valence-corrected chi connectivity index (χ1v) is 7.69. The molecular formula is C17H27BO3. The Hall–Kier alpha value is -0.995. The molecule has 1 aliphatic heterocycles. The first kappa shape index (κ1) is 16.4. The summed E-state index contributed by atoms with van der Waals surface area (Å²) >= 11 is 0. The lowest BCUT2D eigenvalue weighted by atomic mass is 9.77. The van der Waals surface area contributed by atoms with Crippen LogP contribution in [0.1, 0.15) is 47.1 Å². The van der Waals surface area contributed by atoms with E-state index in [0.29, 0.717) is 5.92 Å². The Morgan fingerprint density at radius 3 is 2.14 bits per heavy atom. The van der Waals surface area contributed by atoms with Crippen LogP contribution >= 0.6 is 0 Å². The second-order valence-corrected chi connectivity index (χ2v) is 7.26. The Labute approximate surface area is 129 Å². The van der Waals surface area contributed by atoms with Gasteiger partial charge in [-0.1, -0.05) is 26.0 Å². The van der Waals surface area contributed by atoms with E-state index in [-0.39, 0.29) is 18.3 Å². The van der Waals surface area contributed by atoms with Crippen molar-refractivity contribution in [3.05, 3.63) is 23.8 Å². The monoisotopic (exact) mass is 290 g/mol. The minimum Gasteiger partial charge on any atom is -0.497 e. The van der Waals surface area contributed by atoms with E-state index in [1.165, 1.54) is 5.56 Å². The second-order valence-electron chi connectivity index (χ2n) is 7.26. The molecule has 0 atom stereocenters. The van der Waals surface area contributed by atoms with Crippen molar-refractivity contribution < 1.29 is 14.0 Å². The van der Waals surface area contributed by atoms with Gasteiger partial charge in [-0.25, -0.2) is 0 Å². The molecular weight excluding hydrogens is 263 g/mol. The molecule has 0 aromatic heterocycles. The van der Waals surface area contributed by atoms with Crippen molar-refractivity contribution in [1.82, 2.24) is 0 Å². The van der Waals surface area contributed by atoms with Gasteiger partial charge in [0.05, 0.1) is 18.3 Å². The first-order valence-electron chi connectivity index (χ1n) is 7.69. The zero-order valence-corrected chi connectivity index (χ0v) is 14.3. The smallest absolute Gasteiger partial charge is 0.497 e. The molecule has 1 aromatic carbocycles. The van der Waals surface area contributed by atoms with Crippen LogP contribution in [0.3, 0.4) is 0 Å². The summed E-state index contributed by atoms with van der Waals surface area (Å²) in [6.45, 7) is 12.7. The van der Waals surface area contributed by atoms with Crippen LogP contribution in [0.2, 0.25) is 0 Å². The largest absolute Gasteiger partial charge is 0.498 e. The first-order chi connectivity index (χ1) is 9.66. The molecule has 1 fully saturated rings. The Kier molecular flexibility index (Phi) is 4.41. The van der Waals surface area contributed by atoms with Gasteiger partial charge in [0.2, 0.25) is 0 Å². The maximum Gasteiger partial charge on any atom is 0.498 e. The molecule has 1 aromatic rings. The highest BCUT2D eigenvalue weighted by Gasteiger charge is 2.52. The summed E-state index contributed by atoms with van der Waals surface area (Å²) in [4.78, 5) is 0. The fourth-order valence-corrected chi connectivity index (χ4v) is 2.52. The molecule has 0 N–H and O–H groups in total. The third-order valence-corrected chi connectivity index (χ3v) is 4.45. The average molecular weight is 290 g/mol. The topological polar surface area (TPSA) is 27.7 Å². The van der Waals surface area contributed by atoms with Crippen LogP contribution < -0.4 is 10.2 Å². The highest BCUT2D eigenvalue weighted by Crippen LogP contribution is 2.37. The Morgan fingerprint density at radius 2 is 1.67 bits per heavy atom. The summed E-state index contributed by atoms with van der Waals surface area (Å²) < 4.78 is 17.8. The van der Waals surface area contributed by atoms with Gasteiger partial charge >= 0.3 is 7.12 Å². The standard InChI is InChI=1S/C17H27BO3/c1-12(2)10-13-8-9-14(15(11-13)19-7)18-20-16(3,4)17(5,6)21-18/h8-9,11-12H,10H2,1-7H3. The van der Waals surface area contributed by atoms with Crippen LogP contribution in [0.4, 0.5) is 0 Å². The second kappa shape index (κ2) is 5.66. The zero-order chi connectivity index (χ0) is 15.8. The van der Waals surface area contributed by atoms with Crippen molar-refractivity contribution in [2.75, 3.05) is 7.11 Å². The van der Waals surface area contributed by atoms with Crippen LogP contribution in [0.15, 0.2) is 18.2 Å². The van der Waals surface area contributed by atoms with Crippen LogP contribution in [-0.2, 0) is 15.7 Å². The molecule has 0 aliphatic carbocycles. The molecule has 0 spiro atoms. The van der Waals surface area contributed by atoms with Crippen molar-refractivity contribution >= 4 is 12.6 Å². The summed E-state index contributed by atoms with van der Waals surface area (Å²) in [5, 5.41) is 0. The summed E-state index contributed by atoms with van der Waals surface area (Å²) in [5.74, 6) is 1.46. The molecule has 3 nitrogen and oxygen atoms in total. The Balaban J connectivity index is 2.29. The van der Waals surface area contributed by atoms with E-state index in [4.69, 9.17) is 14.0 Å². The van der Waals surface area contributed by atoms with E-state index < -0.39 is 0 Å². The number of rotatable bonds is 4. The summed E-state index contributed by atoms with van der Waals surface area (Å²) in [5.41, 5.74) is 1.57. The summed E-state index contributed by atoms with van der Waals surface area (Å²) in [7, 11) is 1.32. The highest BCUT2D eigenvalue weighted by atomic mass is 16.7. The predicted octanol–water partition coefficient (Wildman–Crippen LogP) is 3.19. The molecule has 0 bridgehead atoms. The molecule has 4 heteroatoms. The third kappa shape index (κ3) is 3.27. The molecule has 1 saturated heterocycles. The maximum absolute atomic E-state index is 6.11. The van der Waals surface area contributed by atoms with E-state index in [1.54, 1.807) is 7.11 Å².